The van der Waals surface area contributed by atoms with Gasteiger partial charge in [0.05, 0.1) is 19.6 Å². The molecule has 0 fully saturated rings. The predicted octanol–water partition coefficient (Wildman–Crippen LogP) is 2.77. The topological polar surface area (TPSA) is 323 Å². The first-order valence-corrected chi connectivity index (χ1v) is 21.4. The fraction of sp³-hybridized carbons (Fsp3) is 0.0625. The van der Waals surface area contributed by atoms with Crippen molar-refractivity contribution >= 4 is 85.3 Å². The van der Waals surface area contributed by atoms with E-state index >= 15 is 0 Å². The van der Waals surface area contributed by atoms with Crippen molar-refractivity contribution in [3.05, 3.63) is 117 Å². The molecular weight excluding hydrogens is 880 g/mol. The van der Waals surface area contributed by atoms with E-state index < -0.39 is 72.4 Å². The average molecular weight is 898 g/mol. The second-order valence-electron chi connectivity index (χ2n) is 12.4. The third-order valence-corrected chi connectivity index (χ3v) is 12.5. The minimum atomic E-state index is -4.91. The van der Waals surface area contributed by atoms with Crippen LogP contribution in [0.25, 0.3) is 32.2 Å². The van der Waals surface area contributed by atoms with Crippen molar-refractivity contribution in [1.82, 2.24) is 9.97 Å². The van der Waals surface area contributed by atoms with Gasteiger partial charge in [0, 0.05) is 46.2 Å². The zero-order valence-corrected chi connectivity index (χ0v) is 31.9. The summed E-state index contributed by atoms with van der Waals surface area (Å²) in [4.78, 5) is 25.2. The van der Waals surface area contributed by atoms with Crippen molar-refractivity contribution < 1.29 is 69.0 Å². The van der Waals surface area contributed by atoms with Gasteiger partial charge in [0.15, 0.2) is 0 Å². The monoisotopic (exact) mass is 897 g/mol. The van der Waals surface area contributed by atoms with E-state index in [-0.39, 0.29) is 95.1 Å². The Bertz CT molecular complexity index is 3460. The normalized spacial score (nSPS) is 20.6. The fourth-order valence-corrected chi connectivity index (χ4v) is 8.87. The minimum absolute atomic E-state index is 0. The van der Waals surface area contributed by atoms with Crippen LogP contribution in [0.5, 0.6) is 0 Å². The Morgan fingerprint density at radius 1 is 0.509 bits per heavy atom. The maximum Gasteiger partial charge on any atom is 0.294 e. The number of amidine groups is 2. The van der Waals surface area contributed by atoms with Crippen molar-refractivity contribution in [3.63, 3.8) is 0 Å². The van der Waals surface area contributed by atoms with Crippen LogP contribution in [0, 0.1) is 0 Å². The Hall–Kier alpha value is -5.34. The van der Waals surface area contributed by atoms with E-state index in [1.165, 1.54) is 30.3 Å². The van der Waals surface area contributed by atoms with Crippen LogP contribution in [0.3, 0.4) is 0 Å². The standard InChI is InChI=1S/C32H18N8O12S4.Cu/c41-53(42,43)13-4-7-16-20(10-13)29-34-25(16)33-28-19-2-1-3-23(56(50,51)52)24(19)32(40-28)39-27-18-9-6-15(55(47,48)49)12-22(18)31(37-27)38-30-21-11-14(54(44,45)46)5-8-17(21)26(35-29)36-30;/h1-12,30,32H,(H4-3,33,35,36,37,38,39,40,41,42,43,44,45,46,47,48,49,50,51,52);/q-4;. The number of hydrogen-bond acceptors (Lipinski definition) is 12. The molecule has 0 spiro atoms. The number of fused-ring (bicyclic) bond motifs is 20. The number of nitrogens with zero attached hydrogens (tertiary/aromatic N) is 8. The zero-order chi connectivity index (χ0) is 39.7. The van der Waals surface area contributed by atoms with E-state index in [0.717, 1.165) is 42.5 Å². The van der Waals surface area contributed by atoms with E-state index in [0.29, 0.717) is 0 Å². The van der Waals surface area contributed by atoms with Gasteiger partial charge >= 0.3 is 0 Å². The summed E-state index contributed by atoms with van der Waals surface area (Å²) in [5, 5.41) is 9.49. The SMILES string of the molecule is O=S(=O)(O)c1ccc2c(c1)C1/N=c3\[n-]/c(c4ccc(S(=O)(=O)O)cc34)=N\C3[N-]/C(=N\c4[n-]c(c5cc(S(=O)(=O)O)ccc45)/N=C/2[N-]1)c1cccc(S(=O)(=O)O)c13.[Cu]. The Kier molecular flexibility index (Phi) is 8.68. The maximum atomic E-state index is 12.6. The summed E-state index contributed by atoms with van der Waals surface area (Å²) in [6.45, 7) is 0. The molecule has 0 saturated heterocycles. The summed E-state index contributed by atoms with van der Waals surface area (Å²) in [5.74, 6) is -0.544. The summed E-state index contributed by atoms with van der Waals surface area (Å²) >= 11 is 0. The maximum absolute atomic E-state index is 12.6. The molecule has 3 aliphatic heterocycles. The van der Waals surface area contributed by atoms with Crippen molar-refractivity contribution in [3.8, 4) is 0 Å². The summed E-state index contributed by atoms with van der Waals surface area (Å²) in [6, 6.07) is 14.2. The molecule has 6 aromatic rings. The average Bonchev–Trinajstić information content (AvgIpc) is 3.84. The molecule has 1 radical (unpaired) electrons. The summed E-state index contributed by atoms with van der Waals surface area (Å²) in [6.07, 6.45) is -2.85. The predicted molar refractivity (Wildman–Crippen MR) is 194 cm³/mol. The number of aliphatic imine (C=N–C) groups is 2. The van der Waals surface area contributed by atoms with Gasteiger partial charge in [-0.2, -0.15) is 33.7 Å². The second-order valence-corrected chi connectivity index (χ2v) is 18.1. The smallest absolute Gasteiger partial charge is 0.294 e. The van der Waals surface area contributed by atoms with Gasteiger partial charge in [-0.25, -0.2) is 0 Å². The van der Waals surface area contributed by atoms with Crippen LogP contribution in [0.2, 0.25) is 0 Å². The van der Waals surface area contributed by atoms with Gasteiger partial charge in [-0.1, -0.05) is 36.2 Å². The van der Waals surface area contributed by atoms with E-state index in [9.17, 15) is 51.9 Å². The number of hydrogen-bond donors (Lipinski definition) is 4. The molecule has 2 atom stereocenters. The molecule has 8 bridgehead atoms. The first-order chi connectivity index (χ1) is 26.2. The van der Waals surface area contributed by atoms with E-state index in [1.54, 1.807) is 0 Å². The molecule has 2 unspecified atom stereocenters. The van der Waals surface area contributed by atoms with Crippen LogP contribution in [0.4, 0.5) is 11.6 Å². The largest absolute Gasteiger partial charge is 0.451 e. The van der Waals surface area contributed by atoms with Gasteiger partial charge < -0.3 is 40.6 Å². The van der Waals surface area contributed by atoms with Gasteiger partial charge in [0.2, 0.25) is 0 Å². The molecule has 4 N–H and O–H groups in total. The van der Waals surface area contributed by atoms with Crippen LogP contribution in [0.15, 0.2) is 112 Å². The molecule has 0 saturated carbocycles. The molecular formula is C32H18CuN8O12S4-4. The van der Waals surface area contributed by atoms with Gasteiger partial charge in [0.1, 0.15) is 0 Å². The third kappa shape index (κ3) is 6.52. The molecule has 9 rings (SSSR count). The molecule has 20 nitrogen and oxygen atoms in total. The molecule has 0 aliphatic carbocycles. The van der Waals surface area contributed by atoms with E-state index in [4.69, 9.17) is 0 Å². The molecule has 297 valence electrons. The van der Waals surface area contributed by atoms with Crippen LogP contribution >= 0.6 is 0 Å². The summed E-state index contributed by atoms with van der Waals surface area (Å²) < 4.78 is 138. The molecule has 2 aromatic heterocycles. The van der Waals surface area contributed by atoms with Crippen LogP contribution < -0.4 is 20.9 Å². The molecule has 0 amide bonds. The van der Waals surface area contributed by atoms with Crippen molar-refractivity contribution in [2.24, 2.45) is 20.0 Å². The number of benzene rings is 4. The van der Waals surface area contributed by atoms with Crippen LogP contribution in [-0.4, -0.2) is 63.6 Å². The number of rotatable bonds is 4. The molecule has 57 heavy (non-hydrogen) atoms. The van der Waals surface area contributed by atoms with Gasteiger partial charge in [-0.05, 0) is 97.9 Å². The van der Waals surface area contributed by atoms with E-state index in [1.807, 2.05) is 0 Å². The second kappa shape index (κ2) is 12.8. The van der Waals surface area contributed by atoms with Crippen LogP contribution in [0.1, 0.15) is 34.6 Å². The van der Waals surface area contributed by atoms with Crippen molar-refractivity contribution in [2.45, 2.75) is 31.9 Å². The molecule has 3 aliphatic rings. The van der Waals surface area contributed by atoms with Gasteiger partial charge in [0.25, 0.3) is 40.5 Å². The summed E-state index contributed by atoms with van der Waals surface area (Å²) in [7, 11) is -19.2. The van der Waals surface area contributed by atoms with E-state index in [2.05, 4.69) is 40.6 Å². The first-order valence-electron chi connectivity index (χ1n) is 15.6. The Morgan fingerprint density at radius 3 is 1.68 bits per heavy atom. The van der Waals surface area contributed by atoms with Crippen molar-refractivity contribution in [2.75, 3.05) is 0 Å². The molecule has 25 heteroatoms. The van der Waals surface area contributed by atoms with Crippen molar-refractivity contribution in [1.29, 1.82) is 0 Å². The van der Waals surface area contributed by atoms with Crippen LogP contribution in [-0.2, 0) is 57.5 Å². The Labute approximate surface area is 331 Å². The van der Waals surface area contributed by atoms with Gasteiger partial charge in [-0.15, -0.1) is 0 Å². The fourth-order valence-electron chi connectivity index (χ4n) is 6.59. The Balaban J connectivity index is 0.00000455. The minimum Gasteiger partial charge on any atom is -0.451 e. The van der Waals surface area contributed by atoms with Gasteiger partial charge in [-0.3, -0.25) is 18.2 Å². The third-order valence-electron chi connectivity index (χ3n) is 9.05. The molecule has 5 heterocycles. The summed E-state index contributed by atoms with van der Waals surface area (Å²) in [5.41, 5.74) is -0.155. The quantitative estimate of drug-likeness (QED) is 0.146. The zero-order valence-electron chi connectivity index (χ0n) is 27.6. The Morgan fingerprint density at radius 2 is 1.04 bits per heavy atom. The number of aromatic nitrogens is 2. The first kappa shape index (κ1) is 38.5. The molecule has 4 aromatic carbocycles.